The summed E-state index contributed by atoms with van der Waals surface area (Å²) in [6, 6.07) is 0. The number of hydrogen-bond donors (Lipinski definition) is 0. The van der Waals surface area contributed by atoms with E-state index in [4.69, 9.17) is 4.99 Å². The van der Waals surface area contributed by atoms with Gasteiger partial charge in [-0.2, -0.15) is 0 Å². The lowest BCUT2D eigenvalue weighted by molar-refractivity contribution is -1.12. The van der Waals surface area contributed by atoms with Gasteiger partial charge in [0.05, 0.1) is 0 Å². The number of hydroxylamine groups is 3. The second kappa shape index (κ2) is 4.10. The van der Waals surface area contributed by atoms with Gasteiger partial charge in [-0.25, -0.2) is 9.68 Å². The molecule has 11 heavy (non-hydrogen) atoms. The summed E-state index contributed by atoms with van der Waals surface area (Å²) in [5.41, 5.74) is 0. The zero-order valence-corrected chi connectivity index (χ0v) is 7.16. The molecule has 0 spiro atoms. The minimum atomic E-state index is -0.579. The quantitative estimate of drug-likeness (QED) is 0.262. The number of rotatable bonds is 4. The van der Waals surface area contributed by atoms with Crippen LogP contribution in [0.25, 0.3) is 0 Å². The third-order valence-electron chi connectivity index (χ3n) is 1.25. The van der Waals surface area contributed by atoms with Crippen molar-refractivity contribution < 1.29 is 19.3 Å². The Kier molecular flexibility index (Phi) is 3.78. The van der Waals surface area contributed by atoms with Crippen LogP contribution in [0.15, 0.2) is 12.7 Å². The fourth-order valence-electron chi connectivity index (χ4n) is 0.224. The number of nitrogens with zero attached hydrogens (tertiary/aromatic N) is 1. The highest BCUT2D eigenvalue weighted by Gasteiger charge is 2.16. The molecule has 0 rings (SSSR count). The van der Waals surface area contributed by atoms with Crippen LogP contribution in [0.4, 0.5) is 0 Å². The molecule has 0 bridgehead atoms. The average molecular weight is 160 g/mol. The normalized spacial score (nSPS) is 10.8. The van der Waals surface area contributed by atoms with Crippen molar-refractivity contribution in [2.24, 2.45) is 0 Å². The van der Waals surface area contributed by atoms with E-state index in [0.29, 0.717) is 6.54 Å². The second-order valence-electron chi connectivity index (χ2n) is 2.57. The lowest BCUT2D eigenvalue weighted by atomic mass is 10.7. The van der Waals surface area contributed by atoms with E-state index in [9.17, 15) is 4.79 Å². The zero-order chi connectivity index (χ0) is 8.91. The van der Waals surface area contributed by atoms with E-state index in [2.05, 4.69) is 11.5 Å². The first-order valence-electron chi connectivity index (χ1n) is 3.37. The van der Waals surface area contributed by atoms with Crippen molar-refractivity contribution in [3.8, 4) is 0 Å². The Morgan fingerprint density at radius 1 is 1.64 bits per heavy atom. The standard InChI is InChI=1S/C7H14NO3/c1-5-7(9)10-11-8(3,4)6-2/h5H,1,6H2,2-4H3/q+1. The summed E-state index contributed by atoms with van der Waals surface area (Å²) in [6.45, 7) is 5.86. The Bertz CT molecular complexity index is 154. The number of hydrogen-bond acceptors (Lipinski definition) is 3. The maximum Gasteiger partial charge on any atom is 0.371 e. The lowest BCUT2D eigenvalue weighted by Gasteiger charge is -2.20. The maximum atomic E-state index is 10.5. The van der Waals surface area contributed by atoms with Crippen LogP contribution in [-0.4, -0.2) is 31.3 Å². The third kappa shape index (κ3) is 4.52. The Hall–Kier alpha value is -0.870. The zero-order valence-electron chi connectivity index (χ0n) is 7.16. The van der Waals surface area contributed by atoms with Gasteiger partial charge in [-0.05, 0) is 6.92 Å². The summed E-state index contributed by atoms with van der Waals surface area (Å²) in [6.07, 6.45) is 1.05. The Balaban J connectivity index is 3.69. The number of carbonyl (C=O) groups excluding carboxylic acids is 1. The molecule has 0 aliphatic heterocycles. The van der Waals surface area contributed by atoms with Gasteiger partial charge in [-0.1, -0.05) is 6.58 Å². The minimum Gasteiger partial charge on any atom is -0.245 e. The highest BCUT2D eigenvalue weighted by Crippen LogP contribution is 1.98. The first-order valence-corrected chi connectivity index (χ1v) is 3.37. The summed E-state index contributed by atoms with van der Waals surface area (Å²) in [5, 5.41) is 0. The Morgan fingerprint density at radius 2 is 2.18 bits per heavy atom. The minimum absolute atomic E-state index is 0.180. The molecule has 0 N–H and O–H groups in total. The van der Waals surface area contributed by atoms with Gasteiger partial charge in [-0.15, -0.1) is 4.65 Å². The molecule has 0 saturated heterocycles. The highest BCUT2D eigenvalue weighted by atomic mass is 17.3. The predicted octanol–water partition coefficient (Wildman–Crippen LogP) is 0.659. The molecule has 0 fully saturated rings. The molecule has 0 aromatic heterocycles. The molecular formula is C7H14NO3+. The van der Waals surface area contributed by atoms with E-state index in [1.54, 1.807) is 14.1 Å². The van der Waals surface area contributed by atoms with Crippen LogP contribution in [0, 0.1) is 0 Å². The van der Waals surface area contributed by atoms with Gasteiger partial charge in [-0.3, -0.25) is 0 Å². The summed E-state index contributed by atoms with van der Waals surface area (Å²) >= 11 is 0. The second-order valence-corrected chi connectivity index (χ2v) is 2.57. The third-order valence-corrected chi connectivity index (χ3v) is 1.25. The fraction of sp³-hybridized carbons (Fsp3) is 0.571. The summed E-state index contributed by atoms with van der Waals surface area (Å²) in [5.74, 6) is -0.579. The van der Waals surface area contributed by atoms with Crippen molar-refractivity contribution in [1.29, 1.82) is 0 Å². The Labute approximate surface area is 66.5 Å². The molecule has 4 heteroatoms. The topological polar surface area (TPSA) is 35.5 Å². The van der Waals surface area contributed by atoms with Crippen molar-refractivity contribution in [1.82, 2.24) is 0 Å². The SMILES string of the molecule is C=CC(=O)OO[N+](C)(C)CC. The van der Waals surface area contributed by atoms with Crippen LogP contribution in [0.5, 0.6) is 0 Å². The first-order chi connectivity index (χ1) is 5.02. The average Bonchev–Trinajstić information content (AvgIpc) is 2.00. The molecule has 4 nitrogen and oxygen atoms in total. The predicted molar refractivity (Wildman–Crippen MR) is 40.0 cm³/mol. The molecule has 64 valence electrons. The van der Waals surface area contributed by atoms with Crippen molar-refractivity contribution in [2.75, 3.05) is 20.6 Å². The first kappa shape index (κ1) is 10.1. The molecule has 0 unspecified atom stereocenters. The molecule has 0 amide bonds. The van der Waals surface area contributed by atoms with Crippen LogP contribution in [-0.2, 0) is 14.7 Å². The van der Waals surface area contributed by atoms with Crippen molar-refractivity contribution in [2.45, 2.75) is 6.92 Å². The molecule has 0 aliphatic rings. The fourth-order valence-corrected chi connectivity index (χ4v) is 0.224. The molecule has 0 heterocycles. The smallest absolute Gasteiger partial charge is 0.245 e. The van der Waals surface area contributed by atoms with Crippen LogP contribution in [0.2, 0.25) is 0 Å². The van der Waals surface area contributed by atoms with E-state index in [0.717, 1.165) is 6.08 Å². The number of quaternary nitrogens is 1. The van der Waals surface area contributed by atoms with E-state index < -0.39 is 5.97 Å². The highest BCUT2D eigenvalue weighted by molar-refractivity contribution is 5.80. The summed E-state index contributed by atoms with van der Waals surface area (Å²) in [4.78, 5) is 19.6. The van der Waals surface area contributed by atoms with Crippen molar-refractivity contribution in [3.05, 3.63) is 12.7 Å². The monoisotopic (exact) mass is 160 g/mol. The summed E-state index contributed by atoms with van der Waals surface area (Å²) in [7, 11) is 3.55. The van der Waals surface area contributed by atoms with Crippen LogP contribution < -0.4 is 0 Å². The lowest BCUT2D eigenvalue weighted by Crippen LogP contribution is -2.39. The van der Waals surface area contributed by atoms with Crippen LogP contribution in [0.1, 0.15) is 6.92 Å². The molecule has 0 aromatic carbocycles. The molecule has 0 aliphatic carbocycles. The molecule has 0 atom stereocenters. The van der Waals surface area contributed by atoms with Gasteiger partial charge in [0, 0.05) is 11.1 Å². The van der Waals surface area contributed by atoms with Crippen LogP contribution in [0.3, 0.4) is 0 Å². The van der Waals surface area contributed by atoms with Gasteiger partial charge < -0.3 is 0 Å². The molecule has 0 radical (unpaired) electrons. The van der Waals surface area contributed by atoms with Gasteiger partial charge in [0.1, 0.15) is 20.6 Å². The summed E-state index contributed by atoms with van der Waals surface area (Å²) < 4.78 is 0.180. The molecule has 0 saturated carbocycles. The van der Waals surface area contributed by atoms with Gasteiger partial charge in [0.15, 0.2) is 0 Å². The van der Waals surface area contributed by atoms with Gasteiger partial charge in [0.25, 0.3) is 0 Å². The van der Waals surface area contributed by atoms with E-state index in [-0.39, 0.29) is 4.65 Å². The van der Waals surface area contributed by atoms with E-state index in [1.807, 2.05) is 6.92 Å². The van der Waals surface area contributed by atoms with Gasteiger partial charge >= 0.3 is 5.97 Å². The van der Waals surface area contributed by atoms with E-state index in [1.165, 1.54) is 0 Å². The van der Waals surface area contributed by atoms with Gasteiger partial charge in [0.2, 0.25) is 0 Å². The van der Waals surface area contributed by atoms with Crippen LogP contribution >= 0.6 is 0 Å². The maximum absolute atomic E-state index is 10.5. The number of carbonyl (C=O) groups is 1. The molecule has 0 aromatic rings. The van der Waals surface area contributed by atoms with Crippen molar-refractivity contribution >= 4 is 5.97 Å². The van der Waals surface area contributed by atoms with Crippen molar-refractivity contribution in [3.63, 3.8) is 0 Å². The van der Waals surface area contributed by atoms with E-state index >= 15 is 0 Å². The Morgan fingerprint density at radius 3 is 2.55 bits per heavy atom. The largest absolute Gasteiger partial charge is 0.371 e. The molecular weight excluding hydrogens is 146 g/mol.